The van der Waals surface area contributed by atoms with E-state index in [0.29, 0.717) is 11.3 Å². The van der Waals surface area contributed by atoms with Crippen molar-refractivity contribution in [1.29, 1.82) is 0 Å². The first-order chi connectivity index (χ1) is 9.61. The van der Waals surface area contributed by atoms with Crippen molar-refractivity contribution in [3.63, 3.8) is 0 Å². The standard InChI is InChI=1S/C16H23N3O/c1-3-4-5-6-11(2)19-16(20)14-10-18-15-8-7-12(17)9-13(14)15/h7-11,18H,3-6,17H2,1-2H3,(H,19,20). The summed E-state index contributed by atoms with van der Waals surface area (Å²) in [6.45, 7) is 4.23. The topological polar surface area (TPSA) is 70.9 Å². The van der Waals surface area contributed by atoms with Crippen molar-refractivity contribution in [2.24, 2.45) is 0 Å². The average molecular weight is 273 g/mol. The van der Waals surface area contributed by atoms with E-state index in [-0.39, 0.29) is 11.9 Å². The molecule has 0 aliphatic rings. The van der Waals surface area contributed by atoms with Crippen LogP contribution < -0.4 is 11.1 Å². The van der Waals surface area contributed by atoms with Gasteiger partial charge in [0.25, 0.3) is 5.91 Å². The third-order valence-corrected chi connectivity index (χ3v) is 3.57. The Hall–Kier alpha value is -1.97. The zero-order chi connectivity index (χ0) is 14.5. The molecule has 0 aliphatic heterocycles. The molecule has 4 nitrogen and oxygen atoms in total. The Morgan fingerprint density at radius 2 is 2.20 bits per heavy atom. The molecular weight excluding hydrogens is 250 g/mol. The summed E-state index contributed by atoms with van der Waals surface area (Å²) in [7, 11) is 0. The molecule has 2 aromatic rings. The van der Waals surface area contributed by atoms with Gasteiger partial charge in [-0.2, -0.15) is 0 Å². The highest BCUT2D eigenvalue weighted by Crippen LogP contribution is 2.21. The predicted octanol–water partition coefficient (Wildman–Crippen LogP) is 3.45. The molecule has 108 valence electrons. The van der Waals surface area contributed by atoms with Gasteiger partial charge >= 0.3 is 0 Å². The first kappa shape index (κ1) is 14.4. The number of hydrogen-bond donors (Lipinski definition) is 3. The molecule has 1 aromatic carbocycles. The highest BCUT2D eigenvalue weighted by molar-refractivity contribution is 6.07. The highest BCUT2D eigenvalue weighted by Gasteiger charge is 2.14. The van der Waals surface area contributed by atoms with Gasteiger partial charge in [0.05, 0.1) is 5.56 Å². The van der Waals surface area contributed by atoms with Crippen LogP contribution in [0.5, 0.6) is 0 Å². The number of carbonyl (C=O) groups excluding carboxylic acids is 1. The van der Waals surface area contributed by atoms with Crippen LogP contribution in [-0.4, -0.2) is 16.9 Å². The Kier molecular flexibility index (Phi) is 4.66. The number of rotatable bonds is 6. The van der Waals surface area contributed by atoms with E-state index in [4.69, 9.17) is 5.73 Å². The molecule has 0 radical (unpaired) electrons. The number of hydrogen-bond acceptors (Lipinski definition) is 2. The molecule has 1 atom stereocenters. The van der Waals surface area contributed by atoms with Crippen LogP contribution in [0, 0.1) is 0 Å². The summed E-state index contributed by atoms with van der Waals surface area (Å²) >= 11 is 0. The lowest BCUT2D eigenvalue weighted by Gasteiger charge is -2.13. The van der Waals surface area contributed by atoms with Crippen molar-refractivity contribution >= 4 is 22.5 Å². The highest BCUT2D eigenvalue weighted by atomic mass is 16.1. The lowest BCUT2D eigenvalue weighted by molar-refractivity contribution is 0.0939. The molecule has 1 amide bonds. The van der Waals surface area contributed by atoms with Crippen molar-refractivity contribution in [3.05, 3.63) is 30.0 Å². The second-order valence-corrected chi connectivity index (χ2v) is 5.38. The summed E-state index contributed by atoms with van der Waals surface area (Å²) in [5.74, 6) is -0.0363. The zero-order valence-corrected chi connectivity index (χ0v) is 12.2. The Labute approximate surface area is 119 Å². The first-order valence-electron chi connectivity index (χ1n) is 7.29. The molecule has 4 N–H and O–H groups in total. The molecule has 1 unspecified atom stereocenters. The monoisotopic (exact) mass is 273 g/mol. The summed E-state index contributed by atoms with van der Waals surface area (Å²) < 4.78 is 0. The fraction of sp³-hybridized carbons (Fsp3) is 0.438. The largest absolute Gasteiger partial charge is 0.399 e. The minimum Gasteiger partial charge on any atom is -0.399 e. The number of fused-ring (bicyclic) bond motifs is 1. The van der Waals surface area contributed by atoms with Gasteiger partial charge in [0, 0.05) is 28.8 Å². The molecule has 1 heterocycles. The lowest BCUT2D eigenvalue weighted by atomic mass is 10.1. The van der Waals surface area contributed by atoms with Crippen molar-refractivity contribution < 1.29 is 4.79 Å². The van der Waals surface area contributed by atoms with Gasteiger partial charge in [0.1, 0.15) is 0 Å². The van der Waals surface area contributed by atoms with Gasteiger partial charge in [0.15, 0.2) is 0 Å². The fourth-order valence-electron chi connectivity index (χ4n) is 2.40. The first-order valence-corrected chi connectivity index (χ1v) is 7.29. The van der Waals surface area contributed by atoms with Gasteiger partial charge in [-0.25, -0.2) is 0 Å². The minimum atomic E-state index is -0.0363. The quantitative estimate of drug-likeness (QED) is 0.557. The van der Waals surface area contributed by atoms with Gasteiger partial charge in [0.2, 0.25) is 0 Å². The molecule has 0 fully saturated rings. The Bertz CT molecular complexity index is 588. The summed E-state index contributed by atoms with van der Waals surface area (Å²) in [4.78, 5) is 15.4. The van der Waals surface area contributed by atoms with E-state index in [2.05, 4.69) is 24.1 Å². The number of nitrogen functional groups attached to an aromatic ring is 1. The van der Waals surface area contributed by atoms with Gasteiger partial charge < -0.3 is 16.0 Å². The van der Waals surface area contributed by atoms with E-state index in [1.165, 1.54) is 12.8 Å². The smallest absolute Gasteiger partial charge is 0.253 e. The number of benzene rings is 1. The summed E-state index contributed by atoms with van der Waals surface area (Å²) in [5.41, 5.74) is 8.05. The minimum absolute atomic E-state index is 0.0363. The van der Waals surface area contributed by atoms with E-state index in [1.54, 1.807) is 6.20 Å². The maximum atomic E-state index is 12.3. The van der Waals surface area contributed by atoms with Crippen molar-refractivity contribution in [2.45, 2.75) is 45.6 Å². The number of aromatic nitrogens is 1. The molecule has 0 aliphatic carbocycles. The van der Waals surface area contributed by atoms with Crippen LogP contribution in [0.15, 0.2) is 24.4 Å². The van der Waals surface area contributed by atoms with Crippen LogP contribution in [-0.2, 0) is 0 Å². The van der Waals surface area contributed by atoms with E-state index in [9.17, 15) is 4.79 Å². The zero-order valence-electron chi connectivity index (χ0n) is 12.2. The van der Waals surface area contributed by atoms with Crippen LogP contribution in [0.25, 0.3) is 10.9 Å². The number of carbonyl (C=O) groups is 1. The molecule has 20 heavy (non-hydrogen) atoms. The molecule has 0 bridgehead atoms. The number of aromatic amines is 1. The molecular formula is C16H23N3O. The van der Waals surface area contributed by atoms with Gasteiger partial charge in [-0.15, -0.1) is 0 Å². The van der Waals surface area contributed by atoms with E-state index >= 15 is 0 Å². The lowest BCUT2D eigenvalue weighted by Crippen LogP contribution is -2.32. The molecule has 0 spiro atoms. The van der Waals surface area contributed by atoms with Gasteiger partial charge in [-0.05, 0) is 31.5 Å². The molecule has 0 saturated carbocycles. The maximum absolute atomic E-state index is 12.3. The Balaban J connectivity index is 2.05. The van der Waals surface area contributed by atoms with Gasteiger partial charge in [-0.1, -0.05) is 26.2 Å². The molecule has 0 saturated heterocycles. The number of nitrogens with one attached hydrogen (secondary N) is 2. The molecule has 4 heteroatoms. The summed E-state index contributed by atoms with van der Waals surface area (Å²) in [6.07, 6.45) is 6.33. The number of nitrogens with two attached hydrogens (primary N) is 1. The molecule has 2 rings (SSSR count). The van der Waals surface area contributed by atoms with Crippen LogP contribution in [0.1, 0.15) is 49.9 Å². The van der Waals surface area contributed by atoms with Crippen LogP contribution in [0.2, 0.25) is 0 Å². The SMILES string of the molecule is CCCCCC(C)NC(=O)c1c[nH]c2ccc(N)cc12. The fourth-order valence-corrected chi connectivity index (χ4v) is 2.40. The average Bonchev–Trinajstić information content (AvgIpc) is 2.81. The summed E-state index contributed by atoms with van der Waals surface area (Å²) in [6, 6.07) is 5.75. The third kappa shape index (κ3) is 3.32. The predicted molar refractivity (Wildman–Crippen MR) is 83.8 cm³/mol. The van der Waals surface area contributed by atoms with E-state index in [1.807, 2.05) is 18.2 Å². The number of anilines is 1. The van der Waals surface area contributed by atoms with Gasteiger partial charge in [-0.3, -0.25) is 4.79 Å². The Morgan fingerprint density at radius 1 is 1.40 bits per heavy atom. The maximum Gasteiger partial charge on any atom is 0.253 e. The second kappa shape index (κ2) is 6.46. The van der Waals surface area contributed by atoms with Crippen LogP contribution in [0.4, 0.5) is 5.69 Å². The van der Waals surface area contributed by atoms with Crippen molar-refractivity contribution in [2.75, 3.05) is 5.73 Å². The normalized spacial score (nSPS) is 12.5. The number of unbranched alkanes of at least 4 members (excludes halogenated alkanes) is 2. The van der Waals surface area contributed by atoms with E-state index in [0.717, 1.165) is 23.7 Å². The molecule has 1 aromatic heterocycles. The number of amides is 1. The Morgan fingerprint density at radius 3 is 2.95 bits per heavy atom. The second-order valence-electron chi connectivity index (χ2n) is 5.38. The van der Waals surface area contributed by atoms with Crippen LogP contribution >= 0.6 is 0 Å². The van der Waals surface area contributed by atoms with Crippen LogP contribution in [0.3, 0.4) is 0 Å². The van der Waals surface area contributed by atoms with Crippen molar-refractivity contribution in [3.8, 4) is 0 Å². The van der Waals surface area contributed by atoms with Crippen molar-refractivity contribution in [1.82, 2.24) is 10.3 Å². The van der Waals surface area contributed by atoms with E-state index < -0.39 is 0 Å². The third-order valence-electron chi connectivity index (χ3n) is 3.57. The summed E-state index contributed by atoms with van der Waals surface area (Å²) in [5, 5.41) is 3.93. The number of H-pyrrole nitrogens is 1.